The van der Waals surface area contributed by atoms with Crippen molar-refractivity contribution in [2.45, 2.75) is 44.9 Å². The van der Waals surface area contributed by atoms with Crippen molar-refractivity contribution in [3.63, 3.8) is 0 Å². The number of nitrogens with zero attached hydrogens (tertiary/aromatic N) is 1. The zero-order valence-corrected chi connectivity index (χ0v) is 15.3. The molecule has 2 aromatic rings. The second-order valence-electron chi connectivity index (χ2n) is 5.73. The summed E-state index contributed by atoms with van der Waals surface area (Å²) < 4.78 is 6.78. The van der Waals surface area contributed by atoms with Crippen molar-refractivity contribution >= 4 is 33.2 Å². The Kier molecular flexibility index (Phi) is 5.46. The van der Waals surface area contributed by atoms with Gasteiger partial charge in [-0.1, -0.05) is 30.3 Å². The van der Waals surface area contributed by atoms with Gasteiger partial charge in [0.25, 0.3) is 5.91 Å². The van der Waals surface area contributed by atoms with Crippen LogP contribution in [0.3, 0.4) is 0 Å². The van der Waals surface area contributed by atoms with Gasteiger partial charge in [-0.25, -0.2) is 4.98 Å². The fourth-order valence-electron chi connectivity index (χ4n) is 2.88. The summed E-state index contributed by atoms with van der Waals surface area (Å²) in [7, 11) is 0. The van der Waals surface area contributed by atoms with Crippen molar-refractivity contribution in [2.24, 2.45) is 0 Å². The molecule has 1 aliphatic rings. The van der Waals surface area contributed by atoms with E-state index in [4.69, 9.17) is 4.74 Å². The summed E-state index contributed by atoms with van der Waals surface area (Å²) in [6.45, 7) is 2.44. The van der Waals surface area contributed by atoms with Crippen LogP contribution in [-0.4, -0.2) is 23.0 Å². The second kappa shape index (κ2) is 7.55. The zero-order valence-electron chi connectivity index (χ0n) is 12.9. The molecule has 1 N–H and O–H groups in total. The normalized spacial score (nSPS) is 20.6. The molecule has 1 aliphatic carbocycles. The van der Waals surface area contributed by atoms with E-state index in [0.29, 0.717) is 11.5 Å². The Morgan fingerprint density at radius 1 is 1.39 bits per heavy atom. The third kappa shape index (κ3) is 4.19. The number of aryl methyl sites for hydroxylation is 1. The number of aromatic nitrogens is 1. The minimum absolute atomic E-state index is 0.0501. The van der Waals surface area contributed by atoms with Crippen LogP contribution < -0.4 is 5.32 Å². The molecular weight excluding hydrogens is 376 g/mol. The number of carbonyl (C=O) groups excluding carboxylic acids is 1. The molecule has 0 radical (unpaired) electrons. The number of nitrogens with one attached hydrogen (secondary N) is 1. The number of benzene rings is 1. The monoisotopic (exact) mass is 394 g/mol. The lowest BCUT2D eigenvalue weighted by Gasteiger charge is -2.21. The van der Waals surface area contributed by atoms with Gasteiger partial charge in [0, 0.05) is 0 Å². The van der Waals surface area contributed by atoms with Gasteiger partial charge in [0.1, 0.15) is 4.88 Å². The van der Waals surface area contributed by atoms with Gasteiger partial charge in [0.15, 0.2) is 3.92 Å². The Balaban J connectivity index is 1.58. The zero-order chi connectivity index (χ0) is 16.2. The summed E-state index contributed by atoms with van der Waals surface area (Å²) in [5.74, 6) is -0.0501. The molecule has 1 aromatic carbocycles. The highest BCUT2D eigenvalue weighted by Gasteiger charge is 2.30. The third-order valence-electron chi connectivity index (χ3n) is 4.05. The number of hydrogen-bond donors (Lipinski definition) is 1. The Morgan fingerprint density at radius 2 is 2.17 bits per heavy atom. The molecule has 2 atom stereocenters. The van der Waals surface area contributed by atoms with E-state index in [1.807, 2.05) is 25.1 Å². The molecule has 0 saturated heterocycles. The number of ether oxygens (including phenoxy) is 1. The van der Waals surface area contributed by atoms with E-state index in [0.717, 1.165) is 34.4 Å². The maximum atomic E-state index is 12.4. The number of halogens is 1. The maximum Gasteiger partial charge on any atom is 0.263 e. The van der Waals surface area contributed by atoms with Gasteiger partial charge in [-0.15, -0.1) is 11.3 Å². The predicted octanol–water partition coefficient (Wildman–Crippen LogP) is 4.08. The third-order valence-corrected chi connectivity index (χ3v) is 5.66. The van der Waals surface area contributed by atoms with E-state index in [2.05, 4.69) is 38.4 Å². The lowest BCUT2D eigenvalue weighted by Crippen LogP contribution is -2.41. The van der Waals surface area contributed by atoms with Crippen LogP contribution in [0.5, 0.6) is 0 Å². The Hall–Kier alpha value is -1.24. The number of rotatable bonds is 5. The van der Waals surface area contributed by atoms with E-state index < -0.39 is 0 Å². The minimum Gasteiger partial charge on any atom is -0.371 e. The Bertz CT molecular complexity index is 674. The average molecular weight is 395 g/mol. The first kappa shape index (κ1) is 16.6. The molecule has 122 valence electrons. The lowest BCUT2D eigenvalue weighted by atomic mass is 10.2. The minimum atomic E-state index is -0.0501. The van der Waals surface area contributed by atoms with Gasteiger partial charge >= 0.3 is 0 Å². The Labute approximate surface area is 148 Å². The number of thiazole rings is 1. The molecular formula is C17H19BrN2O2S. The molecule has 0 bridgehead atoms. The van der Waals surface area contributed by atoms with Gasteiger partial charge in [0.2, 0.25) is 0 Å². The van der Waals surface area contributed by atoms with E-state index in [1.165, 1.54) is 11.3 Å². The van der Waals surface area contributed by atoms with Crippen molar-refractivity contribution in [1.29, 1.82) is 0 Å². The Morgan fingerprint density at radius 3 is 2.87 bits per heavy atom. The number of amides is 1. The molecule has 1 heterocycles. The van der Waals surface area contributed by atoms with Gasteiger partial charge in [-0.05, 0) is 47.7 Å². The highest BCUT2D eigenvalue weighted by atomic mass is 79.9. The summed E-state index contributed by atoms with van der Waals surface area (Å²) in [6, 6.07) is 10.2. The van der Waals surface area contributed by atoms with Gasteiger partial charge in [0.05, 0.1) is 24.4 Å². The highest BCUT2D eigenvalue weighted by molar-refractivity contribution is 9.11. The topological polar surface area (TPSA) is 51.2 Å². The summed E-state index contributed by atoms with van der Waals surface area (Å²) in [6.07, 6.45) is 3.11. The average Bonchev–Trinajstić information content (AvgIpc) is 3.12. The van der Waals surface area contributed by atoms with Crippen LogP contribution in [0, 0.1) is 6.92 Å². The molecule has 4 nitrogen and oxygen atoms in total. The summed E-state index contributed by atoms with van der Waals surface area (Å²) in [4.78, 5) is 17.4. The molecule has 0 spiro atoms. The summed E-state index contributed by atoms with van der Waals surface area (Å²) in [5, 5.41) is 3.12. The van der Waals surface area contributed by atoms with Gasteiger partial charge < -0.3 is 10.1 Å². The predicted molar refractivity (Wildman–Crippen MR) is 94.7 cm³/mol. The van der Waals surface area contributed by atoms with E-state index in [9.17, 15) is 4.79 Å². The molecule has 1 aromatic heterocycles. The fourth-order valence-corrected chi connectivity index (χ4v) is 4.32. The van der Waals surface area contributed by atoms with Crippen LogP contribution in [0.15, 0.2) is 34.2 Å². The van der Waals surface area contributed by atoms with Crippen LogP contribution in [0.4, 0.5) is 0 Å². The standard InChI is InChI=1S/C17H19BrN2O2S/c1-11-15(23-17(18)19-11)16(21)20-13-8-5-9-14(13)22-10-12-6-3-2-4-7-12/h2-4,6-7,13-14H,5,8-10H2,1H3,(H,20,21)/t13-,14-/m0/s1. The van der Waals surface area contributed by atoms with E-state index in [-0.39, 0.29) is 18.1 Å². The molecule has 6 heteroatoms. The first-order chi connectivity index (χ1) is 11.1. The maximum absolute atomic E-state index is 12.4. The van der Waals surface area contributed by atoms with Gasteiger partial charge in [-0.3, -0.25) is 4.79 Å². The molecule has 0 aliphatic heterocycles. The molecule has 0 unspecified atom stereocenters. The largest absolute Gasteiger partial charge is 0.371 e. The SMILES string of the molecule is Cc1nc(Br)sc1C(=O)N[C@H]1CCC[C@@H]1OCc1ccccc1. The van der Waals surface area contributed by atoms with Gasteiger partial charge in [-0.2, -0.15) is 0 Å². The lowest BCUT2D eigenvalue weighted by molar-refractivity contribution is 0.0272. The van der Waals surface area contributed by atoms with Crippen LogP contribution in [-0.2, 0) is 11.3 Å². The van der Waals surface area contributed by atoms with Crippen molar-refractivity contribution in [2.75, 3.05) is 0 Å². The number of hydrogen-bond acceptors (Lipinski definition) is 4. The first-order valence-electron chi connectivity index (χ1n) is 7.73. The molecule has 1 fully saturated rings. The number of carbonyl (C=O) groups is 1. The fraction of sp³-hybridized carbons (Fsp3) is 0.412. The van der Waals surface area contributed by atoms with Crippen molar-refractivity contribution in [1.82, 2.24) is 10.3 Å². The highest BCUT2D eigenvalue weighted by Crippen LogP contribution is 2.26. The molecule has 1 amide bonds. The molecule has 1 saturated carbocycles. The van der Waals surface area contributed by atoms with Crippen LogP contribution in [0.2, 0.25) is 0 Å². The van der Waals surface area contributed by atoms with Crippen LogP contribution in [0.25, 0.3) is 0 Å². The second-order valence-corrected chi connectivity index (χ2v) is 8.00. The van der Waals surface area contributed by atoms with Crippen molar-refractivity contribution in [3.8, 4) is 0 Å². The summed E-state index contributed by atoms with van der Waals surface area (Å²) >= 11 is 4.70. The quantitative estimate of drug-likeness (QED) is 0.830. The smallest absolute Gasteiger partial charge is 0.263 e. The van der Waals surface area contributed by atoms with Crippen molar-refractivity contribution in [3.05, 3.63) is 50.4 Å². The van der Waals surface area contributed by atoms with E-state index in [1.54, 1.807) is 0 Å². The summed E-state index contributed by atoms with van der Waals surface area (Å²) in [5.41, 5.74) is 1.92. The van der Waals surface area contributed by atoms with Crippen molar-refractivity contribution < 1.29 is 9.53 Å². The molecule has 23 heavy (non-hydrogen) atoms. The van der Waals surface area contributed by atoms with Crippen LogP contribution >= 0.6 is 27.3 Å². The van der Waals surface area contributed by atoms with Crippen LogP contribution in [0.1, 0.15) is 40.2 Å². The first-order valence-corrected chi connectivity index (χ1v) is 9.34. The van der Waals surface area contributed by atoms with E-state index >= 15 is 0 Å². The molecule has 3 rings (SSSR count).